The highest BCUT2D eigenvalue weighted by atomic mass is 15.4. The molecule has 1 saturated carbocycles. The van der Waals surface area contributed by atoms with Gasteiger partial charge < -0.3 is 15.6 Å². The maximum Gasteiger partial charge on any atom is 0.141 e. The molecular formula is C17H25N7. The quantitative estimate of drug-likeness (QED) is 0.745. The van der Waals surface area contributed by atoms with Crippen molar-refractivity contribution < 1.29 is 0 Å². The molecule has 0 unspecified atom stereocenters. The number of aromatic nitrogens is 5. The second-order valence-electron chi connectivity index (χ2n) is 7.02. The summed E-state index contributed by atoms with van der Waals surface area (Å²) in [6, 6.07) is 2.07. The molecule has 3 N–H and O–H groups in total. The van der Waals surface area contributed by atoms with Crippen LogP contribution in [0.5, 0.6) is 0 Å². The molecule has 0 radical (unpaired) electrons. The van der Waals surface area contributed by atoms with E-state index in [1.807, 2.05) is 10.7 Å². The van der Waals surface area contributed by atoms with Crippen molar-refractivity contribution in [2.45, 2.75) is 31.6 Å². The van der Waals surface area contributed by atoms with Crippen LogP contribution in [0.3, 0.4) is 0 Å². The molecule has 128 valence electrons. The summed E-state index contributed by atoms with van der Waals surface area (Å²) in [5.74, 6) is 1.27. The zero-order valence-corrected chi connectivity index (χ0v) is 14.1. The minimum absolute atomic E-state index is 0.499. The van der Waals surface area contributed by atoms with Gasteiger partial charge in [-0.3, -0.25) is 0 Å². The molecule has 0 saturated heterocycles. The first-order valence-corrected chi connectivity index (χ1v) is 8.82. The number of hydrogen-bond acceptors (Lipinski definition) is 5. The van der Waals surface area contributed by atoms with Crippen molar-refractivity contribution >= 4 is 16.6 Å². The Labute approximate surface area is 141 Å². The summed E-state index contributed by atoms with van der Waals surface area (Å²) in [5.41, 5.74) is 8.80. The van der Waals surface area contributed by atoms with E-state index in [1.54, 1.807) is 6.33 Å². The van der Waals surface area contributed by atoms with Crippen molar-refractivity contribution in [3.63, 3.8) is 0 Å². The van der Waals surface area contributed by atoms with Crippen molar-refractivity contribution in [2.24, 2.45) is 11.7 Å². The van der Waals surface area contributed by atoms with Crippen molar-refractivity contribution in [3.05, 3.63) is 24.3 Å². The molecule has 1 aliphatic carbocycles. The molecule has 24 heavy (non-hydrogen) atoms. The molecular weight excluding hydrogens is 302 g/mol. The van der Waals surface area contributed by atoms with Crippen LogP contribution in [0.1, 0.15) is 37.3 Å². The highest BCUT2D eigenvalue weighted by molar-refractivity contribution is 5.92. The highest BCUT2D eigenvalue weighted by Crippen LogP contribution is 2.37. The Kier molecular flexibility index (Phi) is 4.20. The fourth-order valence-electron chi connectivity index (χ4n) is 4.06. The van der Waals surface area contributed by atoms with Crippen LogP contribution in [0.15, 0.2) is 18.6 Å². The van der Waals surface area contributed by atoms with Crippen molar-refractivity contribution in [2.75, 3.05) is 26.7 Å². The molecule has 3 aromatic rings. The van der Waals surface area contributed by atoms with Gasteiger partial charge in [-0.15, -0.1) is 5.10 Å². The number of hydrogen-bond donors (Lipinski definition) is 2. The molecule has 4 rings (SSSR count). The number of likely N-dealkylation sites (N-methyl/N-ethyl adjacent to an activating group) is 1. The van der Waals surface area contributed by atoms with E-state index in [4.69, 9.17) is 5.73 Å². The highest BCUT2D eigenvalue weighted by Gasteiger charge is 2.27. The Hall–Kier alpha value is -1.99. The number of nitrogens with two attached hydrogens (primary N) is 1. The monoisotopic (exact) mass is 327 g/mol. The van der Waals surface area contributed by atoms with E-state index in [0.29, 0.717) is 5.92 Å². The van der Waals surface area contributed by atoms with Crippen LogP contribution < -0.4 is 5.73 Å². The van der Waals surface area contributed by atoms with Gasteiger partial charge in [0.1, 0.15) is 17.5 Å². The summed E-state index contributed by atoms with van der Waals surface area (Å²) in [6.07, 6.45) is 8.55. The number of H-pyrrole nitrogens is 1. The second kappa shape index (κ2) is 6.49. The molecule has 7 heteroatoms. The Morgan fingerprint density at radius 2 is 2.17 bits per heavy atom. The smallest absolute Gasteiger partial charge is 0.141 e. The lowest BCUT2D eigenvalue weighted by Crippen LogP contribution is -2.32. The average molecular weight is 327 g/mol. The van der Waals surface area contributed by atoms with Gasteiger partial charge in [-0.2, -0.15) is 0 Å². The standard InChI is InChI=1S/C17H25N7/c1-23(9-7-18)10-12-2-4-13(5-3-12)15-16-14-6-8-19-17(14)20-11-24(16)22-21-15/h6,8,11-13,19H,2-5,7,9-10,18H2,1H3/t12-,13-. The van der Waals surface area contributed by atoms with Gasteiger partial charge in [0.2, 0.25) is 0 Å². The third kappa shape index (κ3) is 2.78. The van der Waals surface area contributed by atoms with Crippen LogP contribution in [0.4, 0.5) is 0 Å². The predicted octanol–water partition coefficient (Wildman–Crippen LogP) is 1.77. The van der Waals surface area contributed by atoms with E-state index in [9.17, 15) is 0 Å². The molecule has 0 atom stereocenters. The van der Waals surface area contributed by atoms with Crippen molar-refractivity contribution in [3.8, 4) is 0 Å². The second-order valence-corrected chi connectivity index (χ2v) is 7.02. The van der Waals surface area contributed by atoms with Gasteiger partial charge in [-0.25, -0.2) is 9.50 Å². The SMILES string of the molecule is CN(CCN)C[C@H]1CC[C@H](c2nnn3cnc4[nH]ccc4c23)CC1. The third-order valence-corrected chi connectivity index (χ3v) is 5.31. The number of nitrogens with one attached hydrogen (secondary N) is 1. The molecule has 1 fully saturated rings. The first-order valence-electron chi connectivity index (χ1n) is 8.82. The molecule has 0 bridgehead atoms. The van der Waals surface area contributed by atoms with Gasteiger partial charge >= 0.3 is 0 Å². The predicted molar refractivity (Wildman–Crippen MR) is 93.9 cm³/mol. The molecule has 0 aliphatic heterocycles. The first-order chi connectivity index (χ1) is 11.8. The van der Waals surface area contributed by atoms with Crippen LogP contribution in [-0.2, 0) is 0 Å². The summed E-state index contributed by atoms with van der Waals surface area (Å²) in [5, 5.41) is 9.89. The van der Waals surface area contributed by atoms with E-state index >= 15 is 0 Å². The van der Waals surface area contributed by atoms with Crippen LogP contribution in [-0.4, -0.2) is 56.4 Å². The van der Waals surface area contributed by atoms with Crippen LogP contribution in [0.25, 0.3) is 16.6 Å². The Bertz CT molecular complexity index is 813. The summed E-state index contributed by atoms with van der Waals surface area (Å²) in [6.45, 7) is 2.87. The van der Waals surface area contributed by atoms with E-state index in [-0.39, 0.29) is 0 Å². The van der Waals surface area contributed by atoms with Gasteiger partial charge in [0, 0.05) is 37.1 Å². The summed E-state index contributed by atoms with van der Waals surface area (Å²) in [4.78, 5) is 9.91. The van der Waals surface area contributed by atoms with Crippen LogP contribution in [0, 0.1) is 5.92 Å². The van der Waals surface area contributed by atoms with Gasteiger partial charge in [0.15, 0.2) is 0 Å². The fraction of sp³-hybridized carbons (Fsp3) is 0.588. The lowest BCUT2D eigenvalue weighted by atomic mass is 9.80. The molecule has 0 aromatic carbocycles. The maximum absolute atomic E-state index is 5.64. The van der Waals surface area contributed by atoms with Crippen LogP contribution >= 0.6 is 0 Å². The van der Waals surface area contributed by atoms with Gasteiger partial charge in [-0.05, 0) is 44.7 Å². The minimum atomic E-state index is 0.499. The Balaban J connectivity index is 1.52. The molecule has 7 nitrogen and oxygen atoms in total. The minimum Gasteiger partial charge on any atom is -0.346 e. The summed E-state index contributed by atoms with van der Waals surface area (Å²) in [7, 11) is 2.17. The average Bonchev–Trinajstić information content (AvgIpc) is 3.21. The van der Waals surface area contributed by atoms with Crippen molar-refractivity contribution in [1.82, 2.24) is 29.7 Å². The van der Waals surface area contributed by atoms with Crippen LogP contribution in [0.2, 0.25) is 0 Å². The topological polar surface area (TPSA) is 88.1 Å². The summed E-state index contributed by atoms with van der Waals surface area (Å²) >= 11 is 0. The number of fused-ring (bicyclic) bond motifs is 3. The molecule has 0 spiro atoms. The Morgan fingerprint density at radius 1 is 1.33 bits per heavy atom. The molecule has 0 amide bonds. The summed E-state index contributed by atoms with van der Waals surface area (Å²) < 4.78 is 1.81. The van der Waals surface area contributed by atoms with Gasteiger partial charge in [0.05, 0.1) is 5.69 Å². The van der Waals surface area contributed by atoms with E-state index in [0.717, 1.165) is 47.8 Å². The normalized spacial score (nSPS) is 22.0. The zero-order valence-electron chi connectivity index (χ0n) is 14.1. The fourth-order valence-corrected chi connectivity index (χ4v) is 4.06. The lowest BCUT2D eigenvalue weighted by Gasteiger charge is -2.30. The Morgan fingerprint density at radius 3 is 2.96 bits per heavy atom. The number of aromatic amines is 1. The van der Waals surface area contributed by atoms with Gasteiger partial charge in [-0.1, -0.05) is 5.21 Å². The van der Waals surface area contributed by atoms with E-state index in [1.165, 1.54) is 25.7 Å². The first kappa shape index (κ1) is 15.5. The van der Waals surface area contributed by atoms with E-state index < -0.39 is 0 Å². The van der Waals surface area contributed by atoms with E-state index in [2.05, 4.69) is 38.3 Å². The largest absolute Gasteiger partial charge is 0.346 e. The molecule has 3 aromatic heterocycles. The van der Waals surface area contributed by atoms with Crippen molar-refractivity contribution in [1.29, 1.82) is 0 Å². The number of nitrogens with zero attached hydrogens (tertiary/aromatic N) is 5. The maximum atomic E-state index is 5.64. The molecule has 3 heterocycles. The van der Waals surface area contributed by atoms with Gasteiger partial charge in [0.25, 0.3) is 0 Å². The number of rotatable bonds is 5. The lowest BCUT2D eigenvalue weighted by molar-refractivity contribution is 0.226. The molecule has 1 aliphatic rings. The third-order valence-electron chi connectivity index (χ3n) is 5.31. The zero-order chi connectivity index (χ0) is 16.5.